The van der Waals surface area contributed by atoms with Crippen LogP contribution in [0.25, 0.3) is 0 Å². The van der Waals surface area contributed by atoms with Crippen LogP contribution in [0.4, 0.5) is 11.6 Å². The first kappa shape index (κ1) is 11.8. The lowest BCUT2D eigenvalue weighted by atomic mass is 10.3. The number of hydrogen-bond donors (Lipinski definition) is 2. The second-order valence-corrected chi connectivity index (χ2v) is 4.62. The molecule has 0 radical (unpaired) electrons. The average Bonchev–Trinajstić information content (AvgIpc) is 2.76. The number of aryl methyl sites for hydroxylation is 1. The van der Waals surface area contributed by atoms with E-state index in [0.717, 1.165) is 22.3 Å². The molecular formula is C11H15N5S. The molecule has 1 atom stereocenters. The van der Waals surface area contributed by atoms with Crippen molar-refractivity contribution in [3.8, 4) is 0 Å². The Kier molecular flexibility index (Phi) is 3.53. The summed E-state index contributed by atoms with van der Waals surface area (Å²) in [5.41, 5.74) is 1.05. The maximum absolute atomic E-state index is 4.45. The number of nitrogens with one attached hydrogen (secondary N) is 2. The van der Waals surface area contributed by atoms with Gasteiger partial charge < -0.3 is 10.6 Å². The minimum Gasteiger partial charge on any atom is -0.373 e. The van der Waals surface area contributed by atoms with Crippen molar-refractivity contribution in [1.29, 1.82) is 0 Å². The molecule has 90 valence electrons. The molecule has 0 aromatic carbocycles. The van der Waals surface area contributed by atoms with Crippen LogP contribution < -0.4 is 10.6 Å². The van der Waals surface area contributed by atoms with Crippen LogP contribution in [-0.2, 0) is 0 Å². The van der Waals surface area contributed by atoms with Crippen LogP contribution in [0.15, 0.2) is 17.8 Å². The molecule has 2 aromatic heterocycles. The molecule has 0 aliphatic carbocycles. The summed E-state index contributed by atoms with van der Waals surface area (Å²) in [5, 5.41) is 9.39. The third kappa shape index (κ3) is 2.91. The summed E-state index contributed by atoms with van der Waals surface area (Å²) in [5.74, 6) is 1.59. The standard InChI is InChI=1S/C11H15N5S/c1-7-5-17-11(15-7)8(2)16-10-4-9(12-3)13-6-14-10/h4-6,8H,1-3H3,(H2,12,13,14,16). The Hall–Kier alpha value is -1.69. The van der Waals surface area contributed by atoms with Crippen LogP contribution in [0, 0.1) is 6.92 Å². The Morgan fingerprint density at radius 3 is 2.71 bits per heavy atom. The van der Waals surface area contributed by atoms with Gasteiger partial charge in [0, 0.05) is 24.2 Å². The van der Waals surface area contributed by atoms with E-state index in [2.05, 4.69) is 32.5 Å². The largest absolute Gasteiger partial charge is 0.373 e. The zero-order valence-corrected chi connectivity index (χ0v) is 10.9. The van der Waals surface area contributed by atoms with E-state index >= 15 is 0 Å². The molecule has 0 spiro atoms. The highest BCUT2D eigenvalue weighted by Crippen LogP contribution is 2.21. The Labute approximate surface area is 104 Å². The van der Waals surface area contributed by atoms with Gasteiger partial charge in [-0.3, -0.25) is 0 Å². The first-order chi connectivity index (χ1) is 8.19. The van der Waals surface area contributed by atoms with Gasteiger partial charge in [0.05, 0.1) is 6.04 Å². The Balaban J connectivity index is 2.09. The van der Waals surface area contributed by atoms with E-state index in [9.17, 15) is 0 Å². The summed E-state index contributed by atoms with van der Waals surface area (Å²) in [6, 6.07) is 2.02. The minimum atomic E-state index is 0.147. The monoisotopic (exact) mass is 249 g/mol. The molecule has 5 nitrogen and oxygen atoms in total. The van der Waals surface area contributed by atoms with E-state index in [1.165, 1.54) is 6.33 Å². The lowest BCUT2D eigenvalue weighted by Gasteiger charge is -2.12. The van der Waals surface area contributed by atoms with Gasteiger partial charge in [-0.1, -0.05) is 0 Å². The quantitative estimate of drug-likeness (QED) is 0.871. The second kappa shape index (κ2) is 5.09. The van der Waals surface area contributed by atoms with E-state index in [-0.39, 0.29) is 6.04 Å². The predicted octanol–water partition coefficient (Wildman–Crippen LogP) is 2.46. The number of nitrogens with zero attached hydrogens (tertiary/aromatic N) is 3. The van der Waals surface area contributed by atoms with E-state index in [4.69, 9.17) is 0 Å². The maximum atomic E-state index is 4.45. The molecule has 1 unspecified atom stereocenters. The van der Waals surface area contributed by atoms with Crippen molar-refractivity contribution >= 4 is 23.0 Å². The van der Waals surface area contributed by atoms with Gasteiger partial charge >= 0.3 is 0 Å². The number of aromatic nitrogens is 3. The molecule has 0 saturated carbocycles. The molecule has 0 aliphatic heterocycles. The summed E-state index contributed by atoms with van der Waals surface area (Å²) in [6.07, 6.45) is 1.54. The SMILES string of the molecule is CNc1cc(NC(C)c2nc(C)cs2)ncn1. The molecule has 0 saturated heterocycles. The number of rotatable bonds is 4. The Morgan fingerprint density at radius 1 is 1.29 bits per heavy atom. The van der Waals surface area contributed by atoms with Crippen molar-refractivity contribution in [1.82, 2.24) is 15.0 Å². The summed E-state index contributed by atoms with van der Waals surface area (Å²) in [4.78, 5) is 12.7. The lowest BCUT2D eigenvalue weighted by Crippen LogP contribution is -2.08. The fourth-order valence-electron chi connectivity index (χ4n) is 1.43. The first-order valence-corrected chi connectivity index (χ1v) is 6.25. The van der Waals surface area contributed by atoms with Crippen molar-refractivity contribution in [2.75, 3.05) is 17.7 Å². The van der Waals surface area contributed by atoms with Crippen molar-refractivity contribution in [3.05, 3.63) is 28.5 Å². The van der Waals surface area contributed by atoms with Crippen molar-refractivity contribution in [3.63, 3.8) is 0 Å². The molecule has 17 heavy (non-hydrogen) atoms. The van der Waals surface area contributed by atoms with Gasteiger partial charge in [-0.25, -0.2) is 15.0 Å². The molecule has 2 rings (SSSR count). The van der Waals surface area contributed by atoms with Gasteiger partial charge in [0.2, 0.25) is 0 Å². The third-order valence-electron chi connectivity index (χ3n) is 2.29. The third-order valence-corrected chi connectivity index (χ3v) is 3.44. The molecule has 2 N–H and O–H groups in total. The van der Waals surface area contributed by atoms with Crippen LogP contribution in [0.3, 0.4) is 0 Å². The van der Waals surface area contributed by atoms with E-state index in [1.54, 1.807) is 11.3 Å². The molecule has 0 aliphatic rings. The highest BCUT2D eigenvalue weighted by atomic mass is 32.1. The summed E-state index contributed by atoms with van der Waals surface area (Å²) in [7, 11) is 1.83. The van der Waals surface area contributed by atoms with Crippen molar-refractivity contribution in [2.45, 2.75) is 19.9 Å². The topological polar surface area (TPSA) is 62.7 Å². The average molecular weight is 249 g/mol. The minimum absolute atomic E-state index is 0.147. The summed E-state index contributed by atoms with van der Waals surface area (Å²) < 4.78 is 0. The molecule has 0 fully saturated rings. The van der Waals surface area contributed by atoms with Gasteiger partial charge in [0.25, 0.3) is 0 Å². The molecule has 0 bridgehead atoms. The number of hydrogen-bond acceptors (Lipinski definition) is 6. The molecule has 6 heteroatoms. The second-order valence-electron chi connectivity index (χ2n) is 3.73. The van der Waals surface area contributed by atoms with Gasteiger partial charge in [-0.15, -0.1) is 11.3 Å². The Morgan fingerprint density at radius 2 is 2.06 bits per heavy atom. The normalized spacial score (nSPS) is 12.2. The van der Waals surface area contributed by atoms with Gasteiger partial charge in [0.1, 0.15) is 23.0 Å². The number of thiazole rings is 1. The maximum Gasteiger partial charge on any atom is 0.132 e. The molecule has 0 amide bonds. The van der Waals surface area contributed by atoms with E-state index in [1.807, 2.05) is 25.4 Å². The smallest absolute Gasteiger partial charge is 0.132 e. The highest BCUT2D eigenvalue weighted by Gasteiger charge is 2.09. The highest BCUT2D eigenvalue weighted by molar-refractivity contribution is 7.09. The Bertz CT molecular complexity index is 496. The van der Waals surface area contributed by atoms with Gasteiger partial charge in [-0.05, 0) is 13.8 Å². The first-order valence-electron chi connectivity index (χ1n) is 5.37. The predicted molar refractivity (Wildman–Crippen MR) is 70.5 cm³/mol. The van der Waals surface area contributed by atoms with Crippen LogP contribution in [0.5, 0.6) is 0 Å². The van der Waals surface area contributed by atoms with Crippen LogP contribution in [-0.4, -0.2) is 22.0 Å². The van der Waals surface area contributed by atoms with Gasteiger partial charge in [-0.2, -0.15) is 0 Å². The summed E-state index contributed by atoms with van der Waals surface area (Å²) >= 11 is 1.65. The zero-order valence-electron chi connectivity index (χ0n) is 10.1. The fraction of sp³-hybridized carbons (Fsp3) is 0.364. The van der Waals surface area contributed by atoms with Gasteiger partial charge in [0.15, 0.2) is 0 Å². The summed E-state index contributed by atoms with van der Waals surface area (Å²) in [6.45, 7) is 4.07. The van der Waals surface area contributed by atoms with Crippen molar-refractivity contribution < 1.29 is 0 Å². The van der Waals surface area contributed by atoms with Crippen LogP contribution in [0.2, 0.25) is 0 Å². The number of anilines is 2. The fourth-order valence-corrected chi connectivity index (χ4v) is 2.23. The zero-order chi connectivity index (χ0) is 12.3. The molecular weight excluding hydrogens is 234 g/mol. The van der Waals surface area contributed by atoms with E-state index in [0.29, 0.717) is 0 Å². The van der Waals surface area contributed by atoms with Crippen LogP contribution in [0.1, 0.15) is 23.7 Å². The molecule has 2 aromatic rings. The molecule has 2 heterocycles. The van der Waals surface area contributed by atoms with Crippen LogP contribution >= 0.6 is 11.3 Å². The van der Waals surface area contributed by atoms with Crippen molar-refractivity contribution in [2.24, 2.45) is 0 Å². The lowest BCUT2D eigenvalue weighted by molar-refractivity contribution is 0.853. The van der Waals surface area contributed by atoms with E-state index < -0.39 is 0 Å².